The first-order valence-corrected chi connectivity index (χ1v) is 8.64. The number of thioether (sulfide) groups is 1. The summed E-state index contributed by atoms with van der Waals surface area (Å²) in [5, 5.41) is 11.1. The third-order valence-electron chi connectivity index (χ3n) is 2.75. The van der Waals surface area contributed by atoms with Crippen molar-refractivity contribution < 1.29 is 5.11 Å². The number of hydrogen-bond donors (Lipinski definition) is 1. The molecular weight excluding hydrogens is 342 g/mol. The summed E-state index contributed by atoms with van der Waals surface area (Å²) in [6, 6.07) is 8.07. The summed E-state index contributed by atoms with van der Waals surface area (Å²) < 4.78 is 1.08. The van der Waals surface area contributed by atoms with Crippen molar-refractivity contribution in [2.45, 2.75) is 31.3 Å². The molecule has 0 aliphatic rings. The van der Waals surface area contributed by atoms with Gasteiger partial charge in [-0.15, -0.1) is 23.1 Å². The van der Waals surface area contributed by atoms with Crippen LogP contribution in [-0.2, 0) is 6.42 Å². The van der Waals surface area contributed by atoms with Crippen LogP contribution in [0.1, 0.15) is 15.6 Å². The van der Waals surface area contributed by atoms with Gasteiger partial charge in [0.1, 0.15) is 0 Å². The second-order valence-electron chi connectivity index (χ2n) is 4.35. The molecule has 0 spiro atoms. The predicted octanol–water partition coefficient (Wildman–Crippen LogP) is 4.22. The number of aryl methyl sites for hydroxylation is 2. The van der Waals surface area contributed by atoms with E-state index in [9.17, 15) is 5.11 Å². The van der Waals surface area contributed by atoms with Crippen molar-refractivity contribution in [1.82, 2.24) is 4.98 Å². The van der Waals surface area contributed by atoms with E-state index in [0.29, 0.717) is 12.2 Å². The summed E-state index contributed by atoms with van der Waals surface area (Å²) in [4.78, 5) is 6.86. The number of aliphatic hydroxyl groups is 1. The molecule has 2 nitrogen and oxygen atoms in total. The van der Waals surface area contributed by atoms with Crippen LogP contribution in [-0.4, -0.2) is 21.9 Å². The molecule has 0 aliphatic carbocycles. The van der Waals surface area contributed by atoms with Gasteiger partial charge in [-0.2, -0.15) is 0 Å². The lowest BCUT2D eigenvalue weighted by Crippen LogP contribution is -2.13. The van der Waals surface area contributed by atoms with E-state index in [2.05, 4.69) is 33.9 Å². The molecule has 102 valence electrons. The second-order valence-corrected chi connectivity index (χ2v) is 7.55. The fourth-order valence-electron chi connectivity index (χ4n) is 1.63. The van der Waals surface area contributed by atoms with Gasteiger partial charge < -0.3 is 5.11 Å². The van der Waals surface area contributed by atoms with E-state index >= 15 is 0 Å². The highest BCUT2D eigenvalue weighted by Gasteiger charge is 2.11. The molecular formula is C14H16BrNOS2. The number of aromatic nitrogens is 1. The van der Waals surface area contributed by atoms with E-state index < -0.39 is 0 Å². The Morgan fingerprint density at radius 1 is 1.37 bits per heavy atom. The Bertz CT molecular complexity index is 537. The van der Waals surface area contributed by atoms with E-state index in [1.807, 2.05) is 25.1 Å². The number of hydrogen-bond acceptors (Lipinski definition) is 4. The van der Waals surface area contributed by atoms with Crippen LogP contribution in [0.15, 0.2) is 33.6 Å². The monoisotopic (exact) mass is 357 g/mol. The van der Waals surface area contributed by atoms with Crippen LogP contribution in [0.3, 0.4) is 0 Å². The van der Waals surface area contributed by atoms with Crippen LogP contribution in [0.25, 0.3) is 0 Å². The van der Waals surface area contributed by atoms with Crippen LogP contribution < -0.4 is 0 Å². The first kappa shape index (κ1) is 15.0. The zero-order valence-electron chi connectivity index (χ0n) is 10.9. The zero-order chi connectivity index (χ0) is 13.8. The molecule has 0 amide bonds. The molecule has 0 bridgehead atoms. The molecule has 1 N–H and O–H groups in total. The minimum absolute atomic E-state index is 0.359. The smallest absolute Gasteiger partial charge is 0.0956 e. The number of nitrogens with zero attached hydrogens (tertiary/aromatic N) is 1. The van der Waals surface area contributed by atoms with Crippen molar-refractivity contribution >= 4 is 39.0 Å². The van der Waals surface area contributed by atoms with E-state index in [0.717, 1.165) is 20.1 Å². The van der Waals surface area contributed by atoms with Crippen molar-refractivity contribution in [3.8, 4) is 0 Å². The highest BCUT2D eigenvalue weighted by molar-refractivity contribution is 9.10. The summed E-state index contributed by atoms with van der Waals surface area (Å²) >= 11 is 6.86. The normalized spacial score (nSPS) is 12.6. The molecule has 0 saturated heterocycles. The fourth-order valence-corrected chi connectivity index (χ4v) is 4.14. The lowest BCUT2D eigenvalue weighted by Gasteiger charge is -2.09. The third-order valence-corrected chi connectivity index (χ3v) is 6.02. The van der Waals surface area contributed by atoms with Gasteiger partial charge in [-0.1, -0.05) is 12.1 Å². The number of aliphatic hydroxyl groups excluding tert-OH is 1. The van der Waals surface area contributed by atoms with Crippen molar-refractivity contribution in [1.29, 1.82) is 0 Å². The third kappa shape index (κ3) is 4.31. The lowest BCUT2D eigenvalue weighted by atomic mass is 10.3. The minimum atomic E-state index is -0.359. The predicted molar refractivity (Wildman–Crippen MR) is 86.2 cm³/mol. The number of benzene rings is 1. The number of halogens is 1. The van der Waals surface area contributed by atoms with E-state index in [4.69, 9.17) is 0 Å². The van der Waals surface area contributed by atoms with E-state index in [1.54, 1.807) is 23.1 Å². The first-order chi connectivity index (χ1) is 9.06. The average Bonchev–Trinajstić information content (AvgIpc) is 2.67. The van der Waals surface area contributed by atoms with Crippen molar-refractivity contribution in [3.05, 3.63) is 44.3 Å². The van der Waals surface area contributed by atoms with Crippen LogP contribution in [0.5, 0.6) is 0 Å². The van der Waals surface area contributed by atoms with Crippen LogP contribution >= 0.6 is 39.0 Å². The molecule has 0 radical (unpaired) electrons. The van der Waals surface area contributed by atoms with Crippen molar-refractivity contribution in [2.75, 3.05) is 5.75 Å². The number of thiazole rings is 1. The Balaban J connectivity index is 1.88. The standard InChI is InChI=1S/C14H16BrNOS2/c1-9-10(2)19-14(16-9)7-11(17)8-18-13-6-4-3-5-12(13)15/h3-6,11,17H,7-8H2,1-2H3. The molecule has 1 aromatic carbocycles. The molecule has 2 aromatic rings. The Labute approximate surface area is 130 Å². The largest absolute Gasteiger partial charge is 0.392 e. The summed E-state index contributed by atoms with van der Waals surface area (Å²) in [6.45, 7) is 4.08. The quantitative estimate of drug-likeness (QED) is 0.813. The van der Waals surface area contributed by atoms with Gasteiger partial charge in [0.15, 0.2) is 0 Å². The summed E-state index contributed by atoms with van der Waals surface area (Å²) in [7, 11) is 0. The van der Waals surface area contributed by atoms with Gasteiger partial charge >= 0.3 is 0 Å². The lowest BCUT2D eigenvalue weighted by molar-refractivity contribution is 0.200. The number of rotatable bonds is 5. The Hall–Kier alpha value is -0.360. The Kier molecular flexibility index (Phi) is 5.45. The minimum Gasteiger partial charge on any atom is -0.392 e. The highest BCUT2D eigenvalue weighted by atomic mass is 79.9. The first-order valence-electron chi connectivity index (χ1n) is 6.04. The second kappa shape index (κ2) is 6.88. The Morgan fingerprint density at radius 3 is 2.74 bits per heavy atom. The van der Waals surface area contributed by atoms with Gasteiger partial charge in [0, 0.05) is 26.4 Å². The van der Waals surface area contributed by atoms with E-state index in [-0.39, 0.29) is 6.10 Å². The van der Waals surface area contributed by atoms with Gasteiger partial charge in [0.2, 0.25) is 0 Å². The summed E-state index contributed by atoms with van der Waals surface area (Å²) in [5.41, 5.74) is 1.07. The highest BCUT2D eigenvalue weighted by Crippen LogP contribution is 2.28. The zero-order valence-corrected chi connectivity index (χ0v) is 14.1. The van der Waals surface area contributed by atoms with Gasteiger partial charge in [0.05, 0.1) is 16.8 Å². The van der Waals surface area contributed by atoms with Gasteiger partial charge in [-0.3, -0.25) is 0 Å². The SMILES string of the molecule is Cc1nc(CC(O)CSc2ccccc2Br)sc1C. The topological polar surface area (TPSA) is 33.1 Å². The summed E-state index contributed by atoms with van der Waals surface area (Å²) in [6.07, 6.45) is 0.277. The maximum atomic E-state index is 10.1. The van der Waals surface area contributed by atoms with E-state index in [1.165, 1.54) is 4.88 Å². The maximum absolute atomic E-state index is 10.1. The van der Waals surface area contributed by atoms with Gasteiger partial charge in [-0.25, -0.2) is 4.98 Å². The molecule has 0 aliphatic heterocycles. The molecule has 1 aromatic heterocycles. The van der Waals surface area contributed by atoms with Crippen molar-refractivity contribution in [2.24, 2.45) is 0 Å². The molecule has 0 fully saturated rings. The van der Waals surface area contributed by atoms with Crippen LogP contribution in [0, 0.1) is 13.8 Å². The Morgan fingerprint density at radius 2 is 2.11 bits per heavy atom. The fraction of sp³-hybridized carbons (Fsp3) is 0.357. The molecule has 19 heavy (non-hydrogen) atoms. The summed E-state index contributed by atoms with van der Waals surface area (Å²) in [5.74, 6) is 0.681. The molecule has 1 unspecified atom stereocenters. The van der Waals surface area contributed by atoms with Crippen LogP contribution in [0.2, 0.25) is 0 Å². The van der Waals surface area contributed by atoms with Crippen molar-refractivity contribution in [3.63, 3.8) is 0 Å². The molecule has 5 heteroatoms. The molecule has 0 saturated carbocycles. The molecule has 1 atom stereocenters. The van der Waals surface area contributed by atoms with Gasteiger partial charge in [-0.05, 0) is 41.9 Å². The molecule has 1 heterocycles. The molecule has 2 rings (SSSR count). The maximum Gasteiger partial charge on any atom is 0.0956 e. The van der Waals surface area contributed by atoms with Crippen LogP contribution in [0.4, 0.5) is 0 Å². The van der Waals surface area contributed by atoms with Gasteiger partial charge in [0.25, 0.3) is 0 Å². The average molecular weight is 358 g/mol.